The first-order valence-corrected chi connectivity index (χ1v) is 7.36. The molecule has 1 rings (SSSR count). The molecule has 0 aromatic carbocycles. The number of likely N-dealkylation sites (N-methyl/N-ethyl adjacent to an activating group) is 2. The van der Waals surface area contributed by atoms with Crippen LogP contribution in [0, 0.1) is 0 Å². The summed E-state index contributed by atoms with van der Waals surface area (Å²) >= 11 is 1.13. The molecule has 0 fully saturated rings. The first kappa shape index (κ1) is 17.3. The second-order valence-corrected chi connectivity index (χ2v) is 5.83. The molecule has 0 aliphatic heterocycles. The van der Waals surface area contributed by atoms with Gasteiger partial charge in [-0.25, -0.2) is 4.79 Å². The maximum atomic E-state index is 11.9. The fourth-order valence-corrected chi connectivity index (χ4v) is 2.85. The smallest absolute Gasteiger partial charge is 0.350 e. The average molecular weight is 314 g/mol. The molecule has 21 heavy (non-hydrogen) atoms. The van der Waals surface area contributed by atoms with E-state index in [-0.39, 0.29) is 22.7 Å². The zero-order chi connectivity index (χ0) is 16.2. The normalized spacial score (nSPS) is 10.7. The van der Waals surface area contributed by atoms with Crippen LogP contribution in [-0.2, 0) is 4.74 Å². The third-order valence-corrected chi connectivity index (χ3v) is 4.16. The van der Waals surface area contributed by atoms with Gasteiger partial charge < -0.3 is 26.0 Å². The molecule has 0 radical (unpaired) electrons. The number of thiophene rings is 1. The fraction of sp³-hybridized carbons (Fsp3) is 0.538. The lowest BCUT2D eigenvalue weighted by Crippen LogP contribution is -2.29. The third kappa shape index (κ3) is 4.08. The minimum atomic E-state index is -0.647. The van der Waals surface area contributed by atoms with Gasteiger partial charge in [0.05, 0.1) is 17.9 Å². The summed E-state index contributed by atoms with van der Waals surface area (Å²) in [5.41, 5.74) is 11.6. The number of nitrogens with two attached hydrogens (primary N) is 2. The van der Waals surface area contributed by atoms with E-state index in [1.54, 1.807) is 6.92 Å². The number of rotatable bonds is 7. The predicted octanol–water partition coefficient (Wildman–Crippen LogP) is 0.604. The van der Waals surface area contributed by atoms with Gasteiger partial charge in [0.1, 0.15) is 9.88 Å². The zero-order valence-electron chi connectivity index (χ0n) is 12.8. The Hall–Kier alpha value is -1.80. The number of hydrogen-bond donors (Lipinski definition) is 2. The molecular formula is C13H22N4O3S. The lowest BCUT2D eigenvalue weighted by atomic mass is 10.2. The van der Waals surface area contributed by atoms with E-state index in [0.717, 1.165) is 17.9 Å². The molecule has 1 heterocycles. The molecule has 0 unspecified atom stereocenters. The van der Waals surface area contributed by atoms with Crippen molar-refractivity contribution in [3.63, 3.8) is 0 Å². The molecule has 0 atom stereocenters. The third-order valence-electron chi connectivity index (χ3n) is 2.86. The van der Waals surface area contributed by atoms with Crippen LogP contribution in [0.3, 0.4) is 0 Å². The standard InChI is InChI=1S/C13H22N4O3S/c1-5-20-13(19)10-9(14)8(11(15)18)12(21-10)17(4)7-6-16(2)3/h5-7,14H2,1-4H3,(H2,15,18). The number of esters is 1. The lowest BCUT2D eigenvalue weighted by Gasteiger charge is -2.20. The molecule has 0 saturated heterocycles. The van der Waals surface area contributed by atoms with Crippen molar-refractivity contribution in [3.8, 4) is 0 Å². The van der Waals surface area contributed by atoms with E-state index in [9.17, 15) is 9.59 Å². The maximum absolute atomic E-state index is 11.9. The number of primary amides is 1. The summed E-state index contributed by atoms with van der Waals surface area (Å²) in [5, 5.41) is 0.588. The zero-order valence-corrected chi connectivity index (χ0v) is 13.6. The van der Waals surface area contributed by atoms with Crippen molar-refractivity contribution >= 4 is 33.9 Å². The van der Waals surface area contributed by atoms with E-state index in [4.69, 9.17) is 16.2 Å². The van der Waals surface area contributed by atoms with Crippen LogP contribution in [0.25, 0.3) is 0 Å². The second kappa shape index (κ2) is 7.28. The molecule has 118 valence electrons. The molecule has 7 nitrogen and oxygen atoms in total. The van der Waals surface area contributed by atoms with Gasteiger partial charge in [-0.2, -0.15) is 0 Å². The Morgan fingerprint density at radius 3 is 2.33 bits per heavy atom. The average Bonchev–Trinajstić information content (AvgIpc) is 2.74. The first-order chi connectivity index (χ1) is 9.79. The Bertz CT molecular complexity index is 528. The number of anilines is 2. The van der Waals surface area contributed by atoms with Crippen molar-refractivity contribution in [2.45, 2.75) is 6.92 Å². The van der Waals surface area contributed by atoms with E-state index in [1.807, 2.05) is 30.9 Å². The molecule has 4 N–H and O–H groups in total. The van der Waals surface area contributed by atoms with Crippen molar-refractivity contribution in [2.24, 2.45) is 5.73 Å². The van der Waals surface area contributed by atoms with Crippen LogP contribution < -0.4 is 16.4 Å². The Balaban J connectivity index is 3.15. The summed E-state index contributed by atoms with van der Waals surface area (Å²) < 4.78 is 4.95. The topological polar surface area (TPSA) is 102 Å². The first-order valence-electron chi connectivity index (χ1n) is 6.54. The van der Waals surface area contributed by atoms with Crippen LogP contribution in [0.15, 0.2) is 0 Å². The Morgan fingerprint density at radius 2 is 1.86 bits per heavy atom. The Labute approximate surface area is 128 Å². The molecule has 1 amide bonds. The summed E-state index contributed by atoms with van der Waals surface area (Å²) in [6.07, 6.45) is 0. The molecule has 1 aromatic heterocycles. The number of hydrogen-bond acceptors (Lipinski definition) is 7. The van der Waals surface area contributed by atoms with Crippen LogP contribution in [0.2, 0.25) is 0 Å². The molecule has 0 spiro atoms. The number of nitrogen functional groups attached to an aromatic ring is 1. The van der Waals surface area contributed by atoms with E-state index in [0.29, 0.717) is 11.5 Å². The highest BCUT2D eigenvalue weighted by Crippen LogP contribution is 2.37. The second-order valence-electron chi connectivity index (χ2n) is 4.83. The van der Waals surface area contributed by atoms with Gasteiger partial charge in [0.25, 0.3) is 5.91 Å². The van der Waals surface area contributed by atoms with Crippen molar-refractivity contribution in [1.29, 1.82) is 0 Å². The number of ether oxygens (including phenoxy) is 1. The van der Waals surface area contributed by atoms with Gasteiger partial charge in [0, 0.05) is 20.1 Å². The number of nitrogens with zero attached hydrogens (tertiary/aromatic N) is 2. The molecular weight excluding hydrogens is 292 g/mol. The van der Waals surface area contributed by atoms with Crippen molar-refractivity contribution < 1.29 is 14.3 Å². The maximum Gasteiger partial charge on any atom is 0.350 e. The largest absolute Gasteiger partial charge is 0.462 e. The van der Waals surface area contributed by atoms with Crippen LogP contribution in [0.4, 0.5) is 10.7 Å². The van der Waals surface area contributed by atoms with Crippen LogP contribution in [0.5, 0.6) is 0 Å². The highest BCUT2D eigenvalue weighted by Gasteiger charge is 2.26. The van der Waals surface area contributed by atoms with E-state index in [2.05, 4.69) is 0 Å². The number of carbonyl (C=O) groups excluding carboxylic acids is 2. The molecule has 8 heteroatoms. The number of carbonyl (C=O) groups is 2. The Kier molecular flexibility index (Phi) is 5.98. The summed E-state index contributed by atoms with van der Waals surface area (Å²) in [7, 11) is 5.74. The van der Waals surface area contributed by atoms with E-state index in [1.165, 1.54) is 0 Å². The summed E-state index contributed by atoms with van der Waals surface area (Å²) in [5.74, 6) is -1.18. The molecule has 0 aliphatic carbocycles. The van der Waals surface area contributed by atoms with Crippen LogP contribution in [-0.4, -0.2) is 57.6 Å². The van der Waals surface area contributed by atoms with Crippen LogP contribution >= 0.6 is 11.3 Å². The monoisotopic (exact) mass is 314 g/mol. The van der Waals surface area contributed by atoms with Gasteiger partial charge in [-0.3, -0.25) is 4.79 Å². The van der Waals surface area contributed by atoms with Crippen LogP contribution in [0.1, 0.15) is 27.0 Å². The van der Waals surface area contributed by atoms with Gasteiger partial charge in [-0.15, -0.1) is 11.3 Å². The van der Waals surface area contributed by atoms with E-state index >= 15 is 0 Å². The highest BCUT2D eigenvalue weighted by molar-refractivity contribution is 7.19. The van der Waals surface area contributed by atoms with Gasteiger partial charge >= 0.3 is 5.97 Å². The van der Waals surface area contributed by atoms with Crippen molar-refractivity contribution in [2.75, 3.05) is 51.5 Å². The molecule has 0 bridgehead atoms. The minimum Gasteiger partial charge on any atom is -0.462 e. The summed E-state index contributed by atoms with van der Waals surface area (Å²) in [4.78, 5) is 27.6. The van der Waals surface area contributed by atoms with Gasteiger partial charge in [0.2, 0.25) is 0 Å². The summed E-state index contributed by atoms with van der Waals surface area (Å²) in [6.45, 7) is 3.42. The Morgan fingerprint density at radius 1 is 1.24 bits per heavy atom. The fourth-order valence-electron chi connectivity index (χ4n) is 1.74. The molecule has 1 aromatic rings. The van der Waals surface area contributed by atoms with Crippen molar-refractivity contribution in [3.05, 3.63) is 10.4 Å². The summed E-state index contributed by atoms with van der Waals surface area (Å²) in [6, 6.07) is 0. The van der Waals surface area contributed by atoms with E-state index < -0.39 is 11.9 Å². The quantitative estimate of drug-likeness (QED) is 0.715. The van der Waals surface area contributed by atoms with Gasteiger partial charge in [0.15, 0.2) is 0 Å². The lowest BCUT2D eigenvalue weighted by molar-refractivity contribution is 0.0533. The van der Waals surface area contributed by atoms with Crippen molar-refractivity contribution in [1.82, 2.24) is 4.90 Å². The van der Waals surface area contributed by atoms with Gasteiger partial charge in [-0.1, -0.05) is 0 Å². The minimum absolute atomic E-state index is 0.0950. The predicted molar refractivity (Wildman–Crippen MR) is 85.0 cm³/mol. The molecule has 0 aliphatic rings. The SMILES string of the molecule is CCOC(=O)c1sc(N(C)CCN(C)C)c(C(N)=O)c1N. The number of amides is 1. The highest BCUT2D eigenvalue weighted by atomic mass is 32.1. The van der Waals surface area contributed by atoms with Gasteiger partial charge in [-0.05, 0) is 21.0 Å². The molecule has 0 saturated carbocycles.